The number of carbonyl (C=O) groups excluding carboxylic acids is 3. The molecule has 1 heterocycles. The van der Waals surface area contributed by atoms with Gasteiger partial charge in [0.1, 0.15) is 12.6 Å². The molecule has 0 radical (unpaired) electrons. The molecule has 0 bridgehead atoms. The van der Waals surface area contributed by atoms with E-state index in [1.165, 1.54) is 6.42 Å². The smallest absolute Gasteiger partial charge is 0.325 e. The average molecular weight is 295 g/mol. The van der Waals surface area contributed by atoms with Crippen LogP contribution in [0, 0.1) is 0 Å². The predicted octanol–water partition coefficient (Wildman–Crippen LogP) is 1.50. The number of urea groups is 1. The van der Waals surface area contributed by atoms with Crippen LogP contribution in [-0.2, 0) is 9.59 Å². The Bertz CT molecular complexity index is 418. The molecule has 6 nitrogen and oxygen atoms in total. The fourth-order valence-electron chi connectivity index (χ4n) is 3.13. The summed E-state index contributed by atoms with van der Waals surface area (Å²) in [5.41, 5.74) is 0. The summed E-state index contributed by atoms with van der Waals surface area (Å²) in [7, 11) is 1.78. The van der Waals surface area contributed by atoms with E-state index in [2.05, 4.69) is 5.32 Å². The van der Waals surface area contributed by atoms with E-state index in [0.717, 1.165) is 37.0 Å². The maximum atomic E-state index is 12.3. The fourth-order valence-corrected chi connectivity index (χ4v) is 3.13. The second-order valence-electron chi connectivity index (χ2n) is 6.01. The molecular weight excluding hydrogens is 270 g/mol. The van der Waals surface area contributed by atoms with Crippen LogP contribution >= 0.6 is 0 Å². The van der Waals surface area contributed by atoms with Gasteiger partial charge in [0.15, 0.2) is 0 Å². The molecule has 0 aromatic heterocycles. The molecule has 0 aromatic carbocycles. The topological polar surface area (TPSA) is 69.7 Å². The van der Waals surface area contributed by atoms with Crippen molar-refractivity contribution in [1.82, 2.24) is 15.1 Å². The van der Waals surface area contributed by atoms with Gasteiger partial charge in [-0.2, -0.15) is 0 Å². The largest absolute Gasteiger partial charge is 0.341 e. The van der Waals surface area contributed by atoms with Crippen LogP contribution in [-0.4, -0.2) is 53.3 Å². The predicted molar refractivity (Wildman–Crippen MR) is 78.6 cm³/mol. The van der Waals surface area contributed by atoms with E-state index in [-0.39, 0.29) is 24.4 Å². The third-order valence-electron chi connectivity index (χ3n) is 4.49. The molecule has 1 atom stereocenters. The van der Waals surface area contributed by atoms with Crippen molar-refractivity contribution in [2.24, 2.45) is 0 Å². The van der Waals surface area contributed by atoms with Crippen LogP contribution in [0.15, 0.2) is 0 Å². The molecule has 4 amide bonds. The van der Waals surface area contributed by atoms with Gasteiger partial charge < -0.3 is 10.2 Å². The maximum Gasteiger partial charge on any atom is 0.325 e. The van der Waals surface area contributed by atoms with Gasteiger partial charge in [0.2, 0.25) is 5.91 Å². The summed E-state index contributed by atoms with van der Waals surface area (Å²) in [4.78, 5) is 39.0. The summed E-state index contributed by atoms with van der Waals surface area (Å²) >= 11 is 0. The lowest BCUT2D eigenvalue weighted by molar-refractivity contribution is -0.138. The van der Waals surface area contributed by atoms with Crippen molar-refractivity contribution in [1.29, 1.82) is 0 Å². The Labute approximate surface area is 125 Å². The van der Waals surface area contributed by atoms with Crippen molar-refractivity contribution in [3.8, 4) is 0 Å². The third kappa shape index (κ3) is 3.54. The van der Waals surface area contributed by atoms with Gasteiger partial charge in [0.25, 0.3) is 5.91 Å². The number of hydrogen-bond acceptors (Lipinski definition) is 3. The molecule has 0 aromatic rings. The van der Waals surface area contributed by atoms with Crippen molar-refractivity contribution in [2.45, 2.75) is 64.0 Å². The highest BCUT2D eigenvalue weighted by Gasteiger charge is 2.39. The maximum absolute atomic E-state index is 12.3. The summed E-state index contributed by atoms with van der Waals surface area (Å²) in [6.45, 7) is 1.82. The zero-order chi connectivity index (χ0) is 15.4. The van der Waals surface area contributed by atoms with Gasteiger partial charge in [-0.15, -0.1) is 0 Å². The first-order valence-corrected chi connectivity index (χ1v) is 7.92. The Balaban J connectivity index is 1.92. The molecule has 2 aliphatic rings. The van der Waals surface area contributed by atoms with Crippen LogP contribution in [0.25, 0.3) is 0 Å². The van der Waals surface area contributed by atoms with E-state index in [0.29, 0.717) is 6.42 Å². The molecular formula is C15H25N3O3. The minimum absolute atomic E-state index is 0.141. The molecule has 1 saturated heterocycles. The Hall–Kier alpha value is -1.59. The molecule has 1 saturated carbocycles. The summed E-state index contributed by atoms with van der Waals surface area (Å²) in [6, 6.07) is -0.655. The molecule has 2 rings (SSSR count). The monoisotopic (exact) mass is 295 g/mol. The zero-order valence-corrected chi connectivity index (χ0v) is 12.9. The Morgan fingerprint density at radius 2 is 1.95 bits per heavy atom. The highest BCUT2D eigenvalue weighted by molar-refractivity contribution is 6.06. The van der Waals surface area contributed by atoms with E-state index >= 15 is 0 Å². The lowest BCUT2D eigenvalue weighted by Crippen LogP contribution is -2.46. The number of amides is 4. The standard InChI is InChI=1S/C15H25N3O3/c1-3-7-12-14(20)18(15(21)16-12)10-13(19)17(2)11-8-5-4-6-9-11/h11-12H,3-10H2,1-2H3,(H,16,21)/t12-/m0/s1. The van der Waals surface area contributed by atoms with Crippen molar-refractivity contribution < 1.29 is 14.4 Å². The summed E-state index contributed by atoms with van der Waals surface area (Å²) < 4.78 is 0. The molecule has 6 heteroatoms. The summed E-state index contributed by atoms with van der Waals surface area (Å²) in [6.07, 6.45) is 6.98. The number of rotatable bonds is 5. The second kappa shape index (κ2) is 6.91. The van der Waals surface area contributed by atoms with Crippen LogP contribution in [0.4, 0.5) is 4.79 Å². The molecule has 1 N–H and O–H groups in total. The van der Waals surface area contributed by atoms with Gasteiger partial charge in [0.05, 0.1) is 0 Å². The highest BCUT2D eigenvalue weighted by Crippen LogP contribution is 2.22. The van der Waals surface area contributed by atoms with Gasteiger partial charge >= 0.3 is 6.03 Å². The molecule has 1 aliphatic heterocycles. The number of hydrogen-bond donors (Lipinski definition) is 1. The van der Waals surface area contributed by atoms with Gasteiger partial charge in [-0.3, -0.25) is 14.5 Å². The van der Waals surface area contributed by atoms with E-state index in [9.17, 15) is 14.4 Å². The third-order valence-corrected chi connectivity index (χ3v) is 4.49. The van der Waals surface area contributed by atoms with E-state index in [4.69, 9.17) is 0 Å². The minimum Gasteiger partial charge on any atom is -0.341 e. The first-order chi connectivity index (χ1) is 10.0. The van der Waals surface area contributed by atoms with Crippen molar-refractivity contribution in [2.75, 3.05) is 13.6 Å². The highest BCUT2D eigenvalue weighted by atomic mass is 16.2. The minimum atomic E-state index is -0.463. The van der Waals surface area contributed by atoms with Crippen molar-refractivity contribution >= 4 is 17.8 Å². The molecule has 1 aliphatic carbocycles. The molecule has 21 heavy (non-hydrogen) atoms. The fraction of sp³-hybridized carbons (Fsp3) is 0.800. The van der Waals surface area contributed by atoms with Crippen LogP contribution in [0.3, 0.4) is 0 Å². The van der Waals surface area contributed by atoms with E-state index in [1.54, 1.807) is 11.9 Å². The number of likely N-dealkylation sites (N-methyl/N-ethyl adjacent to an activating group) is 1. The first-order valence-electron chi connectivity index (χ1n) is 7.92. The molecule has 0 spiro atoms. The van der Waals surface area contributed by atoms with Crippen LogP contribution in [0.5, 0.6) is 0 Å². The van der Waals surface area contributed by atoms with Gasteiger partial charge in [-0.1, -0.05) is 32.6 Å². The van der Waals surface area contributed by atoms with E-state index in [1.807, 2.05) is 6.92 Å². The number of carbonyl (C=O) groups is 3. The zero-order valence-electron chi connectivity index (χ0n) is 12.9. The SMILES string of the molecule is CCC[C@@H]1NC(=O)N(CC(=O)N(C)C2CCCCC2)C1=O. The Morgan fingerprint density at radius 3 is 2.57 bits per heavy atom. The quantitative estimate of drug-likeness (QED) is 0.781. The van der Waals surface area contributed by atoms with Crippen LogP contribution in [0.2, 0.25) is 0 Å². The van der Waals surface area contributed by atoms with Gasteiger partial charge in [-0.25, -0.2) is 4.79 Å². The summed E-state index contributed by atoms with van der Waals surface area (Å²) in [5.74, 6) is -0.421. The van der Waals surface area contributed by atoms with Crippen molar-refractivity contribution in [3.63, 3.8) is 0 Å². The van der Waals surface area contributed by atoms with Crippen LogP contribution in [0.1, 0.15) is 51.9 Å². The Kier molecular flexibility index (Phi) is 5.20. The van der Waals surface area contributed by atoms with Crippen molar-refractivity contribution in [3.05, 3.63) is 0 Å². The number of imide groups is 1. The van der Waals surface area contributed by atoms with Gasteiger partial charge in [0, 0.05) is 13.1 Å². The molecule has 2 fully saturated rings. The first kappa shape index (κ1) is 15.8. The number of nitrogens with one attached hydrogen (secondary N) is 1. The average Bonchev–Trinajstić information content (AvgIpc) is 2.75. The van der Waals surface area contributed by atoms with E-state index < -0.39 is 12.1 Å². The summed E-state index contributed by atoms with van der Waals surface area (Å²) in [5, 5.41) is 2.65. The molecule has 118 valence electrons. The Morgan fingerprint density at radius 1 is 1.29 bits per heavy atom. The van der Waals surface area contributed by atoms with Gasteiger partial charge in [-0.05, 0) is 19.3 Å². The number of nitrogens with zero attached hydrogens (tertiary/aromatic N) is 2. The molecule has 0 unspecified atom stereocenters. The normalized spacial score (nSPS) is 23.3. The van der Waals surface area contributed by atoms with Crippen LogP contribution < -0.4 is 5.32 Å². The lowest BCUT2D eigenvalue weighted by atomic mass is 9.94. The lowest BCUT2D eigenvalue weighted by Gasteiger charge is -2.32. The second-order valence-corrected chi connectivity index (χ2v) is 6.01.